The predicted molar refractivity (Wildman–Crippen MR) is 91.5 cm³/mol. The highest BCUT2D eigenvalue weighted by atomic mass is 32.2. The summed E-state index contributed by atoms with van der Waals surface area (Å²) in [6, 6.07) is -1.17. The summed E-state index contributed by atoms with van der Waals surface area (Å²) in [6.45, 7) is 7.13. The van der Waals surface area contributed by atoms with Crippen LogP contribution < -0.4 is 10.0 Å². The first-order chi connectivity index (χ1) is 11.3. The number of likely N-dealkylation sites (N-methyl/N-ethyl adjacent to an activating group) is 1. The van der Waals surface area contributed by atoms with Crippen LogP contribution in [0.1, 0.15) is 50.4 Å². The van der Waals surface area contributed by atoms with Crippen molar-refractivity contribution in [2.24, 2.45) is 0 Å². The summed E-state index contributed by atoms with van der Waals surface area (Å²) < 4.78 is 30.4. The van der Waals surface area contributed by atoms with Gasteiger partial charge in [0.15, 0.2) is 0 Å². The van der Waals surface area contributed by atoms with Gasteiger partial charge < -0.3 is 5.32 Å². The summed E-state index contributed by atoms with van der Waals surface area (Å²) in [7, 11) is -2.28. The van der Waals surface area contributed by atoms with Crippen LogP contribution in [0.4, 0.5) is 0 Å². The SMILES string of the molecule is CCCCNC(=O)[C@@H]1C[C@H](c2cn(CC)nc2C)NS(=O)(=O)N1C. The number of carbonyl (C=O) groups is 1. The van der Waals surface area contributed by atoms with Gasteiger partial charge in [0, 0.05) is 31.9 Å². The maximum atomic E-state index is 12.4. The Morgan fingerprint density at radius 1 is 1.46 bits per heavy atom. The summed E-state index contributed by atoms with van der Waals surface area (Å²) >= 11 is 0. The third-order valence-corrected chi connectivity index (χ3v) is 5.98. The molecule has 9 heteroatoms. The molecule has 0 saturated carbocycles. The number of amides is 1. The normalized spacial score (nSPS) is 24.0. The molecule has 2 heterocycles. The number of unbranched alkanes of at least 4 members (excludes halogenated alkanes) is 1. The van der Waals surface area contributed by atoms with Gasteiger partial charge in [0.1, 0.15) is 6.04 Å². The quantitative estimate of drug-likeness (QED) is 0.733. The van der Waals surface area contributed by atoms with E-state index in [1.54, 1.807) is 4.68 Å². The van der Waals surface area contributed by atoms with Crippen LogP contribution in [-0.2, 0) is 21.5 Å². The molecule has 2 atom stereocenters. The molecular weight excluding hydrogens is 330 g/mol. The molecule has 2 rings (SSSR count). The van der Waals surface area contributed by atoms with Crippen LogP contribution >= 0.6 is 0 Å². The molecule has 1 saturated heterocycles. The molecule has 2 N–H and O–H groups in total. The third-order valence-electron chi connectivity index (χ3n) is 4.38. The van der Waals surface area contributed by atoms with Gasteiger partial charge in [-0.05, 0) is 26.7 Å². The summed E-state index contributed by atoms with van der Waals surface area (Å²) in [5.41, 5.74) is 1.60. The maximum Gasteiger partial charge on any atom is 0.280 e. The van der Waals surface area contributed by atoms with Gasteiger partial charge in [-0.25, -0.2) is 0 Å². The van der Waals surface area contributed by atoms with E-state index in [1.807, 2.05) is 27.0 Å². The van der Waals surface area contributed by atoms with Gasteiger partial charge in [0.25, 0.3) is 10.2 Å². The predicted octanol–water partition coefficient (Wildman–Crippen LogP) is 0.707. The average Bonchev–Trinajstić information content (AvgIpc) is 2.91. The second-order valence-corrected chi connectivity index (χ2v) is 7.88. The zero-order chi connectivity index (χ0) is 17.9. The topological polar surface area (TPSA) is 96.3 Å². The standard InChI is InChI=1S/C15H27N5O3S/c1-5-7-8-16-15(21)14-9-13(18-24(22,23)19(14)4)12-10-20(6-2)17-11(12)3/h10,13-14,18H,5-9H2,1-4H3,(H,16,21)/t13-,14+/m1/s1. The van der Waals surface area contributed by atoms with Crippen molar-refractivity contribution >= 4 is 16.1 Å². The molecule has 136 valence electrons. The number of aryl methyl sites for hydroxylation is 2. The summed E-state index contributed by atoms with van der Waals surface area (Å²) in [5, 5.41) is 7.20. The largest absolute Gasteiger partial charge is 0.355 e. The minimum atomic E-state index is -3.71. The molecule has 1 fully saturated rings. The monoisotopic (exact) mass is 357 g/mol. The van der Waals surface area contributed by atoms with Gasteiger partial charge in [-0.1, -0.05) is 13.3 Å². The van der Waals surface area contributed by atoms with E-state index in [9.17, 15) is 13.2 Å². The van der Waals surface area contributed by atoms with E-state index < -0.39 is 22.3 Å². The van der Waals surface area contributed by atoms with Crippen LogP contribution in [0, 0.1) is 6.92 Å². The molecular formula is C15H27N5O3S. The van der Waals surface area contributed by atoms with Gasteiger partial charge in [0.05, 0.1) is 11.7 Å². The first kappa shape index (κ1) is 18.9. The Bertz CT molecular complexity index is 685. The third kappa shape index (κ3) is 3.96. The Morgan fingerprint density at radius 2 is 2.17 bits per heavy atom. The van der Waals surface area contributed by atoms with Crippen LogP contribution in [-0.4, -0.2) is 48.0 Å². The van der Waals surface area contributed by atoms with E-state index in [-0.39, 0.29) is 5.91 Å². The molecule has 0 radical (unpaired) electrons. The van der Waals surface area contributed by atoms with Gasteiger partial charge in [-0.3, -0.25) is 9.48 Å². The second-order valence-electron chi connectivity index (χ2n) is 6.11. The lowest BCUT2D eigenvalue weighted by Gasteiger charge is -2.36. The fraction of sp³-hybridized carbons (Fsp3) is 0.733. The summed E-state index contributed by atoms with van der Waals surface area (Å²) in [5.74, 6) is -0.249. The van der Waals surface area contributed by atoms with E-state index in [1.165, 1.54) is 7.05 Å². The molecule has 1 aliphatic rings. The Labute approximate surface area is 143 Å². The molecule has 0 bridgehead atoms. The molecule has 1 aromatic rings. The first-order valence-corrected chi connectivity index (χ1v) is 9.81. The van der Waals surface area contributed by atoms with E-state index >= 15 is 0 Å². The average molecular weight is 357 g/mol. The highest BCUT2D eigenvalue weighted by Crippen LogP contribution is 2.29. The first-order valence-electron chi connectivity index (χ1n) is 8.37. The lowest BCUT2D eigenvalue weighted by molar-refractivity contribution is -0.125. The molecule has 1 amide bonds. The molecule has 24 heavy (non-hydrogen) atoms. The Kier molecular flexibility index (Phi) is 6.00. The zero-order valence-corrected chi connectivity index (χ0v) is 15.6. The number of nitrogens with zero attached hydrogens (tertiary/aromatic N) is 3. The van der Waals surface area contributed by atoms with Crippen molar-refractivity contribution in [3.63, 3.8) is 0 Å². The number of rotatable bonds is 6. The van der Waals surface area contributed by atoms with Gasteiger partial charge in [0.2, 0.25) is 5.91 Å². The lowest BCUT2D eigenvalue weighted by atomic mass is 10.00. The van der Waals surface area contributed by atoms with E-state index in [4.69, 9.17) is 0 Å². The van der Waals surface area contributed by atoms with E-state index in [2.05, 4.69) is 15.1 Å². The molecule has 0 spiro atoms. The maximum absolute atomic E-state index is 12.4. The fourth-order valence-corrected chi connectivity index (χ4v) is 4.12. The Balaban J connectivity index is 2.22. The highest BCUT2D eigenvalue weighted by Gasteiger charge is 2.41. The van der Waals surface area contributed by atoms with Crippen LogP contribution in [0.2, 0.25) is 0 Å². The van der Waals surface area contributed by atoms with Gasteiger partial charge in [-0.2, -0.15) is 22.5 Å². The van der Waals surface area contributed by atoms with Crippen LogP contribution in [0.3, 0.4) is 0 Å². The smallest absolute Gasteiger partial charge is 0.280 e. The number of carbonyl (C=O) groups excluding carboxylic acids is 1. The Hall–Kier alpha value is -1.45. The van der Waals surface area contributed by atoms with Crippen LogP contribution in [0.15, 0.2) is 6.20 Å². The van der Waals surface area contributed by atoms with Crippen molar-refractivity contribution in [3.05, 3.63) is 17.5 Å². The Morgan fingerprint density at radius 3 is 2.75 bits per heavy atom. The summed E-state index contributed by atoms with van der Waals surface area (Å²) in [6.07, 6.45) is 4.07. The summed E-state index contributed by atoms with van der Waals surface area (Å²) in [4.78, 5) is 12.4. The molecule has 0 aliphatic carbocycles. The molecule has 0 aromatic carbocycles. The minimum Gasteiger partial charge on any atom is -0.355 e. The van der Waals surface area contributed by atoms with Crippen molar-refractivity contribution in [3.8, 4) is 0 Å². The number of nitrogens with one attached hydrogen (secondary N) is 2. The zero-order valence-electron chi connectivity index (χ0n) is 14.7. The molecule has 0 unspecified atom stereocenters. The van der Waals surface area contributed by atoms with Crippen LogP contribution in [0.25, 0.3) is 0 Å². The fourth-order valence-electron chi connectivity index (χ4n) is 2.86. The van der Waals surface area contributed by atoms with Crippen molar-refractivity contribution in [2.75, 3.05) is 13.6 Å². The molecule has 1 aromatic heterocycles. The van der Waals surface area contributed by atoms with Gasteiger partial charge >= 0.3 is 0 Å². The van der Waals surface area contributed by atoms with Gasteiger partial charge in [-0.15, -0.1) is 0 Å². The molecule has 8 nitrogen and oxygen atoms in total. The minimum absolute atomic E-state index is 0.249. The molecule has 1 aliphatic heterocycles. The van der Waals surface area contributed by atoms with Crippen molar-refractivity contribution in [1.29, 1.82) is 0 Å². The second kappa shape index (κ2) is 7.62. The van der Waals surface area contributed by atoms with Crippen molar-refractivity contribution in [2.45, 2.75) is 58.7 Å². The van der Waals surface area contributed by atoms with Crippen molar-refractivity contribution < 1.29 is 13.2 Å². The lowest BCUT2D eigenvalue weighted by Crippen LogP contribution is -2.57. The van der Waals surface area contributed by atoms with E-state index in [0.29, 0.717) is 19.5 Å². The highest BCUT2D eigenvalue weighted by molar-refractivity contribution is 7.87. The van der Waals surface area contributed by atoms with Crippen molar-refractivity contribution in [1.82, 2.24) is 24.1 Å². The van der Waals surface area contributed by atoms with E-state index in [0.717, 1.165) is 28.4 Å². The number of hydrogen-bond donors (Lipinski definition) is 2. The number of hydrogen-bond acceptors (Lipinski definition) is 4. The van der Waals surface area contributed by atoms with Crippen LogP contribution in [0.5, 0.6) is 0 Å². The number of aromatic nitrogens is 2.